The Hall–Kier alpha value is -1.60. The lowest BCUT2D eigenvalue weighted by Crippen LogP contribution is -2.43. The van der Waals surface area contributed by atoms with E-state index in [4.69, 9.17) is 0 Å². The van der Waals surface area contributed by atoms with Gasteiger partial charge < -0.3 is 0 Å². The van der Waals surface area contributed by atoms with E-state index in [1.165, 1.54) is 6.07 Å². The molecule has 0 radical (unpaired) electrons. The molecule has 0 bridgehead atoms. The molecule has 1 fully saturated rings. The molecule has 0 spiro atoms. The smallest absolute Gasteiger partial charge is 0.288 e. The molecule has 1 aliphatic heterocycles. The summed E-state index contributed by atoms with van der Waals surface area (Å²) >= 11 is 3.29. The van der Waals surface area contributed by atoms with Gasteiger partial charge >= 0.3 is 6.18 Å². The van der Waals surface area contributed by atoms with Crippen LogP contribution in [0.1, 0.15) is 18.0 Å². The van der Waals surface area contributed by atoms with Gasteiger partial charge in [0, 0.05) is 17.4 Å². The van der Waals surface area contributed by atoms with Crippen LogP contribution in [0.25, 0.3) is 10.8 Å². The molecule has 1 amide bonds. The first kappa shape index (κ1) is 15.3. The first-order chi connectivity index (χ1) is 10.4. The van der Waals surface area contributed by atoms with Crippen LogP contribution in [0.3, 0.4) is 0 Å². The van der Waals surface area contributed by atoms with Gasteiger partial charge in [0.1, 0.15) is 0 Å². The fourth-order valence-corrected chi connectivity index (χ4v) is 3.08. The molecule has 0 aromatic heterocycles. The quantitative estimate of drug-likeness (QED) is 0.865. The number of carbonyl (C=O) groups is 1. The molecule has 3 rings (SSSR count). The summed E-state index contributed by atoms with van der Waals surface area (Å²) in [4.78, 5) is 11.3. The number of alkyl halides is 3. The van der Waals surface area contributed by atoms with Crippen molar-refractivity contribution in [2.45, 2.75) is 18.6 Å². The van der Waals surface area contributed by atoms with Crippen LogP contribution in [0.5, 0.6) is 0 Å². The average molecular weight is 373 g/mol. The Morgan fingerprint density at radius 3 is 2.64 bits per heavy atom. The Kier molecular flexibility index (Phi) is 3.86. The zero-order valence-corrected chi connectivity index (χ0v) is 12.9. The molecule has 3 nitrogen and oxygen atoms in total. The predicted molar refractivity (Wildman–Crippen MR) is 79.9 cm³/mol. The topological polar surface area (TPSA) is 32.3 Å². The molecule has 1 unspecified atom stereocenters. The molecule has 7 heteroatoms. The molecule has 2 aromatic rings. The third kappa shape index (κ3) is 2.83. The first-order valence-corrected chi connectivity index (χ1v) is 7.46. The minimum absolute atomic E-state index is 0.0351. The molecule has 116 valence electrons. The second-order valence-corrected chi connectivity index (χ2v) is 6.05. The number of hydrogen-bond donors (Lipinski definition) is 1. The van der Waals surface area contributed by atoms with Crippen LogP contribution in [0, 0.1) is 0 Å². The van der Waals surface area contributed by atoms with Gasteiger partial charge in [0.15, 0.2) is 6.04 Å². The van der Waals surface area contributed by atoms with Gasteiger partial charge in [-0.05, 0) is 28.5 Å². The normalized spacial score (nSPS) is 17.7. The van der Waals surface area contributed by atoms with Crippen molar-refractivity contribution in [1.82, 2.24) is 10.4 Å². The number of amides is 1. The SMILES string of the molecule is O=C1CCN(C(c2cccc3ccc(Br)cc23)C(F)(F)F)N1. The maximum atomic E-state index is 13.6. The number of hydrogen-bond acceptors (Lipinski definition) is 2. The molecule has 2 aromatic carbocycles. The van der Waals surface area contributed by atoms with E-state index in [9.17, 15) is 18.0 Å². The molecule has 1 saturated heterocycles. The number of fused-ring (bicyclic) bond motifs is 1. The summed E-state index contributed by atoms with van der Waals surface area (Å²) in [5, 5.41) is 2.21. The number of carbonyl (C=O) groups excluding carboxylic acids is 1. The molecule has 1 N–H and O–H groups in total. The van der Waals surface area contributed by atoms with Crippen LogP contribution in [0.2, 0.25) is 0 Å². The summed E-state index contributed by atoms with van der Waals surface area (Å²) in [6.45, 7) is 0.0351. The lowest BCUT2D eigenvalue weighted by molar-refractivity contribution is -0.190. The van der Waals surface area contributed by atoms with E-state index in [2.05, 4.69) is 21.4 Å². The van der Waals surface area contributed by atoms with Crippen molar-refractivity contribution in [3.05, 3.63) is 46.4 Å². The molecular weight excluding hydrogens is 361 g/mol. The van der Waals surface area contributed by atoms with Gasteiger partial charge in [0.2, 0.25) is 5.91 Å². The Labute approximate surface area is 133 Å². The maximum absolute atomic E-state index is 13.6. The Bertz CT molecular complexity index is 732. The molecule has 0 saturated carbocycles. The summed E-state index contributed by atoms with van der Waals surface area (Å²) in [5.41, 5.74) is 2.43. The summed E-state index contributed by atoms with van der Waals surface area (Å²) in [6, 6.07) is 8.17. The van der Waals surface area contributed by atoms with Crippen molar-refractivity contribution in [1.29, 1.82) is 0 Å². The van der Waals surface area contributed by atoms with Crippen LogP contribution in [0.15, 0.2) is 40.9 Å². The van der Waals surface area contributed by atoms with Crippen molar-refractivity contribution in [3.8, 4) is 0 Å². The second-order valence-electron chi connectivity index (χ2n) is 5.14. The zero-order valence-electron chi connectivity index (χ0n) is 11.3. The summed E-state index contributed by atoms with van der Waals surface area (Å²) < 4.78 is 41.5. The molecule has 1 aliphatic rings. The van der Waals surface area contributed by atoms with Crippen LogP contribution in [0.4, 0.5) is 13.2 Å². The van der Waals surface area contributed by atoms with Gasteiger partial charge in [-0.15, -0.1) is 0 Å². The Morgan fingerprint density at radius 2 is 2.00 bits per heavy atom. The lowest BCUT2D eigenvalue weighted by Gasteiger charge is -2.30. The minimum atomic E-state index is -4.49. The number of nitrogens with zero attached hydrogens (tertiary/aromatic N) is 1. The zero-order chi connectivity index (χ0) is 15.9. The van der Waals surface area contributed by atoms with E-state index in [1.807, 2.05) is 0 Å². The fourth-order valence-electron chi connectivity index (χ4n) is 2.72. The number of rotatable bonds is 2. The predicted octanol–water partition coefficient (Wildman–Crippen LogP) is 3.94. The first-order valence-electron chi connectivity index (χ1n) is 6.67. The fraction of sp³-hybridized carbons (Fsp3) is 0.267. The van der Waals surface area contributed by atoms with Gasteiger partial charge in [-0.25, -0.2) is 5.01 Å². The number of hydrazine groups is 1. The third-order valence-corrected chi connectivity index (χ3v) is 4.14. The van der Waals surface area contributed by atoms with Crippen molar-refractivity contribution in [2.75, 3.05) is 6.54 Å². The summed E-state index contributed by atoms with van der Waals surface area (Å²) in [7, 11) is 0. The van der Waals surface area contributed by atoms with E-state index in [0.717, 1.165) is 10.4 Å². The largest absolute Gasteiger partial charge is 0.409 e. The molecule has 1 heterocycles. The van der Waals surface area contributed by atoms with E-state index < -0.39 is 18.1 Å². The third-order valence-electron chi connectivity index (χ3n) is 3.64. The number of benzene rings is 2. The molecular formula is C15H12BrF3N2O. The van der Waals surface area contributed by atoms with Gasteiger partial charge in [-0.1, -0.05) is 40.2 Å². The Balaban J connectivity index is 2.16. The van der Waals surface area contributed by atoms with Crippen LogP contribution in [-0.2, 0) is 4.79 Å². The number of nitrogens with one attached hydrogen (secondary N) is 1. The van der Waals surface area contributed by atoms with Crippen LogP contribution in [-0.4, -0.2) is 23.6 Å². The minimum Gasteiger partial charge on any atom is -0.288 e. The second kappa shape index (κ2) is 5.55. The Morgan fingerprint density at radius 1 is 1.23 bits per heavy atom. The van der Waals surface area contributed by atoms with E-state index in [0.29, 0.717) is 9.86 Å². The van der Waals surface area contributed by atoms with Crippen molar-refractivity contribution in [3.63, 3.8) is 0 Å². The average Bonchev–Trinajstić information content (AvgIpc) is 2.84. The van der Waals surface area contributed by atoms with E-state index >= 15 is 0 Å². The molecule has 0 aliphatic carbocycles. The maximum Gasteiger partial charge on any atom is 0.409 e. The summed E-state index contributed by atoms with van der Waals surface area (Å²) in [5.74, 6) is -0.393. The van der Waals surface area contributed by atoms with Crippen molar-refractivity contribution in [2.24, 2.45) is 0 Å². The standard InChI is InChI=1S/C15H12BrF3N2O/c16-10-5-4-9-2-1-3-11(12(9)8-10)14(15(17,18)19)21-7-6-13(22)20-21/h1-5,8,14H,6-7H2,(H,20,22). The van der Waals surface area contributed by atoms with Crippen LogP contribution >= 0.6 is 15.9 Å². The highest BCUT2D eigenvalue weighted by atomic mass is 79.9. The number of halogens is 4. The lowest BCUT2D eigenvalue weighted by atomic mass is 9.98. The monoisotopic (exact) mass is 372 g/mol. The van der Waals surface area contributed by atoms with Crippen molar-refractivity contribution >= 4 is 32.6 Å². The van der Waals surface area contributed by atoms with Gasteiger partial charge in [0.05, 0.1) is 0 Å². The van der Waals surface area contributed by atoms with Gasteiger partial charge in [0.25, 0.3) is 0 Å². The molecule has 22 heavy (non-hydrogen) atoms. The van der Waals surface area contributed by atoms with Crippen molar-refractivity contribution < 1.29 is 18.0 Å². The summed E-state index contributed by atoms with van der Waals surface area (Å²) in [6.07, 6.45) is -4.42. The highest BCUT2D eigenvalue weighted by Crippen LogP contribution is 2.41. The van der Waals surface area contributed by atoms with E-state index in [1.54, 1.807) is 30.3 Å². The van der Waals surface area contributed by atoms with Gasteiger partial charge in [-0.2, -0.15) is 13.2 Å². The van der Waals surface area contributed by atoms with E-state index in [-0.39, 0.29) is 18.5 Å². The highest BCUT2D eigenvalue weighted by Gasteiger charge is 2.47. The van der Waals surface area contributed by atoms with Gasteiger partial charge in [-0.3, -0.25) is 10.2 Å². The van der Waals surface area contributed by atoms with Crippen LogP contribution < -0.4 is 5.43 Å². The molecule has 1 atom stereocenters. The highest BCUT2D eigenvalue weighted by molar-refractivity contribution is 9.10.